The highest BCUT2D eigenvalue weighted by atomic mass is 16.6. The number of aromatic hydroxyl groups is 1. The number of benzene rings is 1. The number of fused-ring (bicyclic) bond motifs is 2. The van der Waals surface area contributed by atoms with Crippen molar-refractivity contribution in [1.29, 1.82) is 0 Å². The third-order valence-corrected chi connectivity index (χ3v) is 6.11. The molecule has 162 valence electrons. The molecular formula is C21H22N4O6. The summed E-state index contributed by atoms with van der Waals surface area (Å²) in [5.41, 5.74) is -0.267. The van der Waals surface area contributed by atoms with Crippen molar-refractivity contribution in [3.63, 3.8) is 0 Å². The van der Waals surface area contributed by atoms with E-state index >= 15 is 0 Å². The Kier molecular flexibility index (Phi) is 4.66. The van der Waals surface area contributed by atoms with Crippen LogP contribution in [-0.4, -0.2) is 46.4 Å². The number of amides is 2. The number of para-hydroxylation sites is 1. The van der Waals surface area contributed by atoms with Gasteiger partial charge in [0.25, 0.3) is 11.5 Å². The third kappa shape index (κ3) is 3.14. The van der Waals surface area contributed by atoms with E-state index in [2.05, 4.69) is 10.3 Å². The Morgan fingerprint density at radius 2 is 2.00 bits per heavy atom. The zero-order chi connectivity index (χ0) is 21.6. The number of nitrogens with zero attached hydrogens (tertiary/aromatic N) is 3. The summed E-state index contributed by atoms with van der Waals surface area (Å²) in [5.74, 6) is -0.941. The Labute approximate surface area is 177 Å². The zero-order valence-corrected chi connectivity index (χ0v) is 16.8. The van der Waals surface area contributed by atoms with Crippen LogP contribution in [0.2, 0.25) is 0 Å². The second-order valence-electron chi connectivity index (χ2n) is 7.86. The molecule has 1 aromatic carbocycles. The van der Waals surface area contributed by atoms with Gasteiger partial charge in [-0.3, -0.25) is 19.1 Å². The Balaban J connectivity index is 1.41. The monoisotopic (exact) mass is 426 g/mol. The highest BCUT2D eigenvalue weighted by Gasteiger charge is 2.46. The standard InChI is InChI=1S/C21H22N4O6/c26-16-15(23-19-21(6-3-7-21)31-11-9-25(19)18(16)28)17(27)22-12-13-4-1-2-5-14(13)24-8-10-30-20(24)29/h1-2,4-5,26H,3,6-12H2,(H,22,27). The van der Waals surface area contributed by atoms with Gasteiger partial charge in [0, 0.05) is 6.54 Å². The number of anilines is 1. The van der Waals surface area contributed by atoms with E-state index in [1.165, 1.54) is 9.47 Å². The van der Waals surface area contributed by atoms with Crippen molar-refractivity contribution in [2.75, 3.05) is 24.7 Å². The molecule has 5 rings (SSSR count). The van der Waals surface area contributed by atoms with E-state index < -0.39 is 28.9 Å². The lowest BCUT2D eigenvalue weighted by atomic mass is 9.78. The number of aromatic nitrogens is 2. The van der Waals surface area contributed by atoms with Crippen molar-refractivity contribution in [2.45, 2.75) is 38.0 Å². The Morgan fingerprint density at radius 3 is 2.71 bits per heavy atom. The molecule has 3 heterocycles. The van der Waals surface area contributed by atoms with Crippen LogP contribution in [0, 0.1) is 0 Å². The number of hydrogen-bond donors (Lipinski definition) is 2. The van der Waals surface area contributed by atoms with Crippen LogP contribution < -0.4 is 15.8 Å². The van der Waals surface area contributed by atoms with Gasteiger partial charge in [-0.05, 0) is 30.9 Å². The van der Waals surface area contributed by atoms with E-state index in [1.54, 1.807) is 24.3 Å². The molecule has 2 aromatic rings. The van der Waals surface area contributed by atoms with E-state index in [0.717, 1.165) is 19.3 Å². The number of hydrogen-bond acceptors (Lipinski definition) is 7. The van der Waals surface area contributed by atoms with Crippen molar-refractivity contribution < 1.29 is 24.2 Å². The maximum Gasteiger partial charge on any atom is 0.414 e. The van der Waals surface area contributed by atoms with Gasteiger partial charge >= 0.3 is 6.09 Å². The van der Waals surface area contributed by atoms with Gasteiger partial charge in [-0.15, -0.1) is 0 Å². The number of nitrogens with one attached hydrogen (secondary N) is 1. The number of carbonyl (C=O) groups is 2. The molecule has 10 nitrogen and oxygen atoms in total. The third-order valence-electron chi connectivity index (χ3n) is 6.11. The molecule has 3 aliphatic rings. The second-order valence-corrected chi connectivity index (χ2v) is 7.86. The molecule has 31 heavy (non-hydrogen) atoms. The van der Waals surface area contributed by atoms with E-state index in [4.69, 9.17) is 9.47 Å². The highest BCUT2D eigenvalue weighted by Crippen LogP contribution is 2.45. The summed E-state index contributed by atoms with van der Waals surface area (Å²) in [6, 6.07) is 7.15. The number of ether oxygens (including phenoxy) is 2. The molecule has 2 aliphatic heterocycles. The number of rotatable bonds is 4. The molecule has 10 heteroatoms. The molecule has 0 atom stereocenters. The molecule has 2 N–H and O–H groups in total. The summed E-state index contributed by atoms with van der Waals surface area (Å²) >= 11 is 0. The van der Waals surface area contributed by atoms with Gasteiger partial charge in [0.15, 0.2) is 5.69 Å². The maximum atomic E-state index is 12.9. The first-order chi connectivity index (χ1) is 15.0. The summed E-state index contributed by atoms with van der Waals surface area (Å²) in [4.78, 5) is 43.3. The van der Waals surface area contributed by atoms with Crippen molar-refractivity contribution in [3.8, 4) is 5.75 Å². The smallest absolute Gasteiger partial charge is 0.414 e. The van der Waals surface area contributed by atoms with Crippen LogP contribution in [0.4, 0.5) is 10.5 Å². The fourth-order valence-corrected chi connectivity index (χ4v) is 4.32. The average Bonchev–Trinajstić information content (AvgIpc) is 3.18. The summed E-state index contributed by atoms with van der Waals surface area (Å²) in [7, 11) is 0. The number of cyclic esters (lactones) is 1. The van der Waals surface area contributed by atoms with E-state index in [0.29, 0.717) is 36.8 Å². The first-order valence-electron chi connectivity index (χ1n) is 10.3. The Hall–Kier alpha value is -3.40. The van der Waals surface area contributed by atoms with Gasteiger partial charge in [0.2, 0.25) is 5.75 Å². The lowest BCUT2D eigenvalue weighted by Crippen LogP contribution is -2.49. The Bertz CT molecular complexity index is 1120. The van der Waals surface area contributed by atoms with Crippen LogP contribution in [0.15, 0.2) is 29.1 Å². The molecule has 1 aromatic heterocycles. The average molecular weight is 426 g/mol. The molecular weight excluding hydrogens is 404 g/mol. The molecule has 2 fully saturated rings. The van der Waals surface area contributed by atoms with Crippen molar-refractivity contribution >= 4 is 17.7 Å². The fraction of sp³-hybridized carbons (Fsp3) is 0.429. The lowest BCUT2D eigenvalue weighted by molar-refractivity contribution is -0.134. The van der Waals surface area contributed by atoms with Gasteiger partial charge in [-0.1, -0.05) is 18.2 Å². The molecule has 2 amide bonds. The molecule has 0 unspecified atom stereocenters. The predicted octanol–water partition coefficient (Wildman–Crippen LogP) is 1.24. The van der Waals surface area contributed by atoms with Crippen LogP contribution >= 0.6 is 0 Å². The van der Waals surface area contributed by atoms with Crippen LogP contribution in [0.25, 0.3) is 0 Å². The first kappa shape index (κ1) is 19.6. The molecule has 0 radical (unpaired) electrons. The summed E-state index contributed by atoms with van der Waals surface area (Å²) in [6.45, 7) is 1.48. The lowest BCUT2D eigenvalue weighted by Gasteiger charge is -2.44. The van der Waals surface area contributed by atoms with Crippen molar-refractivity contribution in [3.05, 3.63) is 51.7 Å². The van der Waals surface area contributed by atoms with Gasteiger partial charge in [0.05, 0.1) is 25.4 Å². The number of carbonyl (C=O) groups excluding carboxylic acids is 2. The predicted molar refractivity (Wildman–Crippen MR) is 108 cm³/mol. The summed E-state index contributed by atoms with van der Waals surface area (Å²) in [5, 5.41) is 13.1. The van der Waals surface area contributed by atoms with Crippen molar-refractivity contribution in [1.82, 2.24) is 14.9 Å². The van der Waals surface area contributed by atoms with E-state index in [1.807, 2.05) is 0 Å². The van der Waals surface area contributed by atoms with Gasteiger partial charge < -0.3 is 19.9 Å². The van der Waals surface area contributed by atoms with E-state index in [-0.39, 0.29) is 18.8 Å². The van der Waals surface area contributed by atoms with Crippen LogP contribution in [0.5, 0.6) is 5.75 Å². The van der Waals surface area contributed by atoms with Crippen LogP contribution in [0.1, 0.15) is 41.1 Å². The van der Waals surface area contributed by atoms with Gasteiger partial charge in [-0.25, -0.2) is 9.78 Å². The molecule has 1 saturated carbocycles. The van der Waals surface area contributed by atoms with Crippen LogP contribution in [0.3, 0.4) is 0 Å². The molecule has 1 saturated heterocycles. The maximum absolute atomic E-state index is 12.9. The largest absolute Gasteiger partial charge is 0.501 e. The van der Waals surface area contributed by atoms with Gasteiger partial charge in [0.1, 0.15) is 18.0 Å². The fourth-order valence-electron chi connectivity index (χ4n) is 4.32. The molecule has 0 bridgehead atoms. The SMILES string of the molecule is O=C(NCc1ccccc1N1CCOC1=O)c1nc2n(c(=O)c1O)CCOC21CCC1. The second kappa shape index (κ2) is 7.38. The molecule has 1 spiro atoms. The quantitative estimate of drug-likeness (QED) is 0.754. The van der Waals surface area contributed by atoms with Gasteiger partial charge in [-0.2, -0.15) is 0 Å². The topological polar surface area (TPSA) is 123 Å². The molecule has 1 aliphatic carbocycles. The summed E-state index contributed by atoms with van der Waals surface area (Å²) < 4.78 is 12.3. The Morgan fingerprint density at radius 1 is 1.19 bits per heavy atom. The normalized spacial score (nSPS) is 19.0. The highest BCUT2D eigenvalue weighted by molar-refractivity contribution is 5.95. The summed E-state index contributed by atoms with van der Waals surface area (Å²) in [6.07, 6.45) is 1.97. The minimum Gasteiger partial charge on any atom is -0.501 e. The zero-order valence-electron chi connectivity index (χ0n) is 16.8. The van der Waals surface area contributed by atoms with Crippen molar-refractivity contribution in [2.24, 2.45) is 0 Å². The minimum absolute atomic E-state index is 0.0833. The van der Waals surface area contributed by atoms with Crippen LogP contribution in [-0.2, 0) is 28.2 Å². The first-order valence-corrected chi connectivity index (χ1v) is 10.3. The minimum atomic E-state index is -0.672. The van der Waals surface area contributed by atoms with E-state index in [9.17, 15) is 19.5 Å².